The SMILES string of the molecule is COC(OC(C)C)c1cc(C(F)(F)F)ccc1C(N)=O. The molecule has 0 saturated carbocycles. The number of rotatable bonds is 5. The van der Waals surface area contributed by atoms with E-state index in [1.807, 2.05) is 0 Å². The van der Waals surface area contributed by atoms with Crippen molar-refractivity contribution in [3.63, 3.8) is 0 Å². The van der Waals surface area contributed by atoms with Gasteiger partial charge in [0.2, 0.25) is 5.91 Å². The van der Waals surface area contributed by atoms with E-state index in [2.05, 4.69) is 0 Å². The Bertz CT molecular complexity index is 486. The van der Waals surface area contributed by atoms with Crippen LogP contribution < -0.4 is 5.73 Å². The van der Waals surface area contributed by atoms with Crippen LogP contribution >= 0.6 is 0 Å². The molecule has 0 aliphatic heterocycles. The average Bonchev–Trinajstić information content (AvgIpc) is 2.33. The Kier molecular flexibility index (Phi) is 5.13. The molecule has 1 unspecified atom stereocenters. The van der Waals surface area contributed by atoms with Gasteiger partial charge in [-0.2, -0.15) is 13.2 Å². The largest absolute Gasteiger partial charge is 0.416 e. The van der Waals surface area contributed by atoms with Crippen LogP contribution in [0.25, 0.3) is 0 Å². The first-order chi connectivity index (χ1) is 9.16. The van der Waals surface area contributed by atoms with E-state index in [4.69, 9.17) is 15.2 Å². The summed E-state index contributed by atoms with van der Waals surface area (Å²) in [6.07, 6.45) is -5.92. The van der Waals surface area contributed by atoms with Crippen molar-refractivity contribution in [2.45, 2.75) is 32.4 Å². The molecule has 1 atom stereocenters. The lowest BCUT2D eigenvalue weighted by atomic mass is 10.0. The molecule has 2 N–H and O–H groups in total. The van der Waals surface area contributed by atoms with Gasteiger partial charge < -0.3 is 15.2 Å². The predicted octanol–water partition coefficient (Wildman–Crippen LogP) is 2.87. The normalized spacial score (nSPS) is 13.6. The summed E-state index contributed by atoms with van der Waals surface area (Å²) >= 11 is 0. The first-order valence-corrected chi connectivity index (χ1v) is 5.86. The van der Waals surface area contributed by atoms with Crippen LogP contribution in [-0.2, 0) is 15.7 Å². The van der Waals surface area contributed by atoms with Gasteiger partial charge in [0.1, 0.15) is 0 Å². The molecule has 112 valence electrons. The summed E-state index contributed by atoms with van der Waals surface area (Å²) in [7, 11) is 1.28. The van der Waals surface area contributed by atoms with Crippen molar-refractivity contribution in [1.29, 1.82) is 0 Å². The number of ether oxygens (including phenoxy) is 2. The van der Waals surface area contributed by atoms with E-state index < -0.39 is 23.9 Å². The Morgan fingerprint density at radius 2 is 1.90 bits per heavy atom. The highest BCUT2D eigenvalue weighted by Gasteiger charge is 2.32. The van der Waals surface area contributed by atoms with E-state index in [1.54, 1.807) is 13.8 Å². The highest BCUT2D eigenvalue weighted by molar-refractivity contribution is 5.94. The molecule has 0 heterocycles. The third kappa shape index (κ3) is 3.94. The zero-order valence-electron chi connectivity index (χ0n) is 11.3. The zero-order chi connectivity index (χ0) is 15.5. The topological polar surface area (TPSA) is 61.6 Å². The van der Waals surface area contributed by atoms with Crippen LogP contribution in [-0.4, -0.2) is 19.1 Å². The molecule has 7 heteroatoms. The molecule has 1 rings (SSSR count). The second kappa shape index (κ2) is 6.23. The van der Waals surface area contributed by atoms with Crippen molar-refractivity contribution >= 4 is 5.91 Å². The predicted molar refractivity (Wildman–Crippen MR) is 65.9 cm³/mol. The summed E-state index contributed by atoms with van der Waals surface area (Å²) in [5.41, 5.74) is 4.17. The highest BCUT2D eigenvalue weighted by atomic mass is 19.4. The summed E-state index contributed by atoms with van der Waals surface area (Å²) in [6, 6.07) is 2.64. The summed E-state index contributed by atoms with van der Waals surface area (Å²) in [5.74, 6) is -0.844. The minimum atomic E-state index is -4.53. The lowest BCUT2D eigenvalue weighted by Gasteiger charge is -2.22. The molecule has 0 aliphatic rings. The molecule has 0 saturated heterocycles. The van der Waals surface area contributed by atoms with Gasteiger partial charge >= 0.3 is 6.18 Å². The van der Waals surface area contributed by atoms with E-state index in [-0.39, 0.29) is 17.2 Å². The molecule has 0 spiro atoms. The Labute approximate surface area is 114 Å². The number of benzene rings is 1. The first-order valence-electron chi connectivity index (χ1n) is 5.86. The zero-order valence-corrected chi connectivity index (χ0v) is 11.3. The Morgan fingerprint density at radius 1 is 1.30 bits per heavy atom. The molecule has 0 aliphatic carbocycles. The van der Waals surface area contributed by atoms with Crippen molar-refractivity contribution in [3.8, 4) is 0 Å². The molecular weight excluding hydrogens is 275 g/mol. The van der Waals surface area contributed by atoms with Gasteiger partial charge in [-0.3, -0.25) is 4.79 Å². The second-order valence-corrected chi connectivity index (χ2v) is 4.42. The molecule has 0 bridgehead atoms. The number of hydrogen-bond acceptors (Lipinski definition) is 3. The van der Waals surface area contributed by atoms with Gasteiger partial charge in [-0.1, -0.05) is 0 Å². The van der Waals surface area contributed by atoms with E-state index >= 15 is 0 Å². The van der Waals surface area contributed by atoms with Gasteiger partial charge in [0.25, 0.3) is 0 Å². The van der Waals surface area contributed by atoms with Crippen molar-refractivity contribution < 1.29 is 27.4 Å². The van der Waals surface area contributed by atoms with Crippen LogP contribution in [0.2, 0.25) is 0 Å². The molecule has 4 nitrogen and oxygen atoms in total. The fourth-order valence-electron chi connectivity index (χ4n) is 1.66. The summed E-state index contributed by atoms with van der Waals surface area (Å²) in [6.45, 7) is 3.40. The van der Waals surface area contributed by atoms with Crippen molar-refractivity contribution in [2.24, 2.45) is 5.73 Å². The number of amides is 1. The van der Waals surface area contributed by atoms with Crippen LogP contribution in [0.15, 0.2) is 18.2 Å². The summed E-state index contributed by atoms with van der Waals surface area (Å²) in [4.78, 5) is 11.3. The van der Waals surface area contributed by atoms with Gasteiger partial charge in [0.15, 0.2) is 6.29 Å². The van der Waals surface area contributed by atoms with Gasteiger partial charge in [-0.25, -0.2) is 0 Å². The highest BCUT2D eigenvalue weighted by Crippen LogP contribution is 2.33. The lowest BCUT2D eigenvalue weighted by molar-refractivity contribution is -0.152. The van der Waals surface area contributed by atoms with Crippen LogP contribution in [0.5, 0.6) is 0 Å². The Morgan fingerprint density at radius 3 is 2.30 bits per heavy atom. The van der Waals surface area contributed by atoms with Gasteiger partial charge in [-0.15, -0.1) is 0 Å². The standard InChI is InChI=1S/C13H16F3NO3/c1-7(2)20-12(19-3)10-6-8(13(14,15)16)4-5-9(10)11(17)18/h4-7,12H,1-3H3,(H2,17,18). The number of nitrogens with two attached hydrogens (primary N) is 1. The molecule has 0 fully saturated rings. The molecule has 1 aromatic rings. The number of carbonyl (C=O) groups is 1. The molecule has 0 aromatic heterocycles. The minimum absolute atomic E-state index is 0.0384. The smallest absolute Gasteiger partial charge is 0.366 e. The molecular formula is C13H16F3NO3. The fourth-order valence-corrected chi connectivity index (χ4v) is 1.66. The molecule has 1 amide bonds. The monoisotopic (exact) mass is 291 g/mol. The maximum absolute atomic E-state index is 12.7. The number of hydrogen-bond donors (Lipinski definition) is 1. The minimum Gasteiger partial charge on any atom is -0.366 e. The Hall–Kier alpha value is -1.60. The summed E-state index contributed by atoms with van der Waals surface area (Å²) < 4.78 is 48.6. The number of carbonyl (C=O) groups excluding carboxylic acids is 1. The van der Waals surface area contributed by atoms with E-state index in [1.165, 1.54) is 7.11 Å². The third-order valence-corrected chi connectivity index (χ3v) is 2.51. The average molecular weight is 291 g/mol. The lowest BCUT2D eigenvalue weighted by Crippen LogP contribution is -2.20. The summed E-state index contributed by atoms with van der Waals surface area (Å²) in [5, 5.41) is 0. The number of primary amides is 1. The molecule has 0 radical (unpaired) electrons. The fraction of sp³-hybridized carbons (Fsp3) is 0.462. The number of methoxy groups -OCH3 is 1. The van der Waals surface area contributed by atoms with Crippen molar-refractivity contribution in [3.05, 3.63) is 34.9 Å². The first kappa shape index (κ1) is 16.5. The Balaban J connectivity index is 3.34. The van der Waals surface area contributed by atoms with Crippen LogP contribution in [0.3, 0.4) is 0 Å². The van der Waals surface area contributed by atoms with E-state index in [0.717, 1.165) is 18.2 Å². The molecule has 20 heavy (non-hydrogen) atoms. The number of halogens is 3. The van der Waals surface area contributed by atoms with Crippen LogP contribution in [0.4, 0.5) is 13.2 Å². The van der Waals surface area contributed by atoms with Gasteiger partial charge in [0.05, 0.1) is 11.7 Å². The quantitative estimate of drug-likeness (QED) is 0.848. The number of alkyl halides is 3. The van der Waals surface area contributed by atoms with Crippen LogP contribution in [0, 0.1) is 0 Å². The second-order valence-electron chi connectivity index (χ2n) is 4.42. The van der Waals surface area contributed by atoms with E-state index in [0.29, 0.717) is 0 Å². The van der Waals surface area contributed by atoms with E-state index in [9.17, 15) is 18.0 Å². The van der Waals surface area contributed by atoms with Crippen molar-refractivity contribution in [2.75, 3.05) is 7.11 Å². The van der Waals surface area contributed by atoms with Gasteiger partial charge in [0, 0.05) is 18.2 Å². The van der Waals surface area contributed by atoms with Crippen molar-refractivity contribution in [1.82, 2.24) is 0 Å². The van der Waals surface area contributed by atoms with Gasteiger partial charge in [-0.05, 0) is 32.0 Å². The maximum atomic E-state index is 12.7. The maximum Gasteiger partial charge on any atom is 0.416 e. The van der Waals surface area contributed by atoms with Crippen LogP contribution in [0.1, 0.15) is 41.6 Å². The third-order valence-electron chi connectivity index (χ3n) is 2.51. The molecule has 1 aromatic carbocycles.